The van der Waals surface area contributed by atoms with Crippen molar-refractivity contribution >= 4 is 45.7 Å². The lowest BCUT2D eigenvalue weighted by molar-refractivity contribution is -0.116. The van der Waals surface area contributed by atoms with Gasteiger partial charge in [0.05, 0.1) is 11.4 Å². The predicted molar refractivity (Wildman–Crippen MR) is 137 cm³/mol. The van der Waals surface area contributed by atoms with Crippen molar-refractivity contribution in [1.82, 2.24) is 4.98 Å². The third kappa shape index (κ3) is 5.81. The fourth-order valence-corrected chi connectivity index (χ4v) is 4.05. The Labute approximate surface area is 210 Å². The predicted octanol–water partition coefficient (Wildman–Crippen LogP) is 6.30. The van der Waals surface area contributed by atoms with Crippen LogP contribution in [0.3, 0.4) is 0 Å². The van der Waals surface area contributed by atoms with Gasteiger partial charge in [0, 0.05) is 18.0 Å². The maximum atomic E-state index is 14.3. The van der Waals surface area contributed by atoms with E-state index in [1.54, 1.807) is 35.7 Å². The molecule has 0 bridgehead atoms. The van der Waals surface area contributed by atoms with Crippen molar-refractivity contribution in [3.63, 3.8) is 0 Å². The van der Waals surface area contributed by atoms with Gasteiger partial charge < -0.3 is 10.1 Å². The number of anilines is 3. The van der Waals surface area contributed by atoms with Gasteiger partial charge in [0.1, 0.15) is 29.0 Å². The summed E-state index contributed by atoms with van der Waals surface area (Å²) in [6.07, 6.45) is 1.31. The van der Waals surface area contributed by atoms with Crippen LogP contribution in [0.4, 0.5) is 20.9 Å². The van der Waals surface area contributed by atoms with E-state index in [1.165, 1.54) is 31.2 Å². The van der Waals surface area contributed by atoms with Gasteiger partial charge in [-0.3, -0.25) is 14.5 Å². The summed E-state index contributed by atoms with van der Waals surface area (Å²) in [4.78, 5) is 30.3. The van der Waals surface area contributed by atoms with E-state index < -0.39 is 17.6 Å². The molecule has 4 rings (SSSR count). The standard InChI is InChI=1S/C27H19FN4O3S/c1-18(33)32(25-10-6-5-9-24(25)28)27-31-21(17-36-27)15-19(16-29)26(34)30-20-11-13-23(14-12-20)35-22-7-3-2-4-8-22/h2-15,17H,1H3,(H,30,34)/b19-15+. The number of hydrogen-bond donors (Lipinski definition) is 1. The molecule has 2 amide bonds. The lowest BCUT2D eigenvalue weighted by Crippen LogP contribution is -2.23. The van der Waals surface area contributed by atoms with Gasteiger partial charge in [-0.05, 0) is 54.6 Å². The van der Waals surface area contributed by atoms with Crippen LogP contribution in [-0.2, 0) is 9.59 Å². The van der Waals surface area contributed by atoms with E-state index in [1.807, 2.05) is 36.4 Å². The summed E-state index contributed by atoms with van der Waals surface area (Å²) >= 11 is 1.09. The van der Waals surface area contributed by atoms with Crippen molar-refractivity contribution in [2.75, 3.05) is 10.2 Å². The number of nitriles is 1. The first-order valence-corrected chi connectivity index (χ1v) is 11.6. The van der Waals surface area contributed by atoms with E-state index in [0.29, 0.717) is 17.2 Å². The Morgan fingerprint density at radius 3 is 2.36 bits per heavy atom. The number of carbonyl (C=O) groups excluding carboxylic acids is 2. The lowest BCUT2D eigenvalue weighted by Gasteiger charge is -2.18. The SMILES string of the molecule is CC(=O)N(c1nc(/C=C(\C#N)C(=O)Nc2ccc(Oc3ccccc3)cc2)cs1)c1ccccc1F. The Kier molecular flexibility index (Phi) is 7.48. The van der Waals surface area contributed by atoms with E-state index in [-0.39, 0.29) is 22.1 Å². The van der Waals surface area contributed by atoms with E-state index in [0.717, 1.165) is 16.2 Å². The average Bonchev–Trinajstić information content (AvgIpc) is 3.33. The minimum absolute atomic E-state index is 0.0628. The molecule has 0 aliphatic rings. The summed E-state index contributed by atoms with van der Waals surface area (Å²) in [5, 5.41) is 14.0. The van der Waals surface area contributed by atoms with Crippen molar-refractivity contribution < 1.29 is 18.7 Å². The van der Waals surface area contributed by atoms with Crippen molar-refractivity contribution in [2.45, 2.75) is 6.92 Å². The van der Waals surface area contributed by atoms with Crippen LogP contribution in [0.25, 0.3) is 6.08 Å². The third-order valence-corrected chi connectivity index (χ3v) is 5.70. The highest BCUT2D eigenvalue weighted by Gasteiger charge is 2.21. The summed E-state index contributed by atoms with van der Waals surface area (Å²) in [7, 11) is 0. The average molecular weight is 499 g/mol. The number of aromatic nitrogens is 1. The van der Waals surface area contributed by atoms with Crippen LogP contribution in [0.2, 0.25) is 0 Å². The Morgan fingerprint density at radius 2 is 1.69 bits per heavy atom. The molecule has 0 atom stereocenters. The molecule has 0 fully saturated rings. The second kappa shape index (κ2) is 11.1. The van der Waals surface area contributed by atoms with Crippen LogP contribution in [0.1, 0.15) is 12.6 Å². The molecular formula is C27H19FN4O3S. The van der Waals surface area contributed by atoms with Crippen molar-refractivity contribution in [3.8, 4) is 17.6 Å². The smallest absolute Gasteiger partial charge is 0.266 e. The second-order valence-electron chi connectivity index (χ2n) is 7.42. The normalized spacial score (nSPS) is 10.9. The fourth-order valence-electron chi connectivity index (χ4n) is 3.21. The van der Waals surface area contributed by atoms with Gasteiger partial charge in [0.15, 0.2) is 5.13 Å². The van der Waals surface area contributed by atoms with Crippen LogP contribution in [0, 0.1) is 17.1 Å². The molecule has 0 aliphatic heterocycles. The Bertz CT molecular complexity index is 1460. The summed E-state index contributed by atoms with van der Waals surface area (Å²) < 4.78 is 20.0. The van der Waals surface area contributed by atoms with E-state index in [4.69, 9.17) is 4.74 Å². The molecule has 178 valence electrons. The zero-order valence-electron chi connectivity index (χ0n) is 19.0. The van der Waals surface area contributed by atoms with Gasteiger partial charge in [-0.2, -0.15) is 5.26 Å². The molecular weight excluding hydrogens is 479 g/mol. The molecule has 0 aliphatic carbocycles. The summed E-state index contributed by atoms with van der Waals surface area (Å²) in [6.45, 7) is 1.30. The van der Waals surface area contributed by atoms with Crippen molar-refractivity contribution in [1.29, 1.82) is 5.26 Å². The van der Waals surface area contributed by atoms with E-state index in [2.05, 4.69) is 10.3 Å². The number of nitrogens with zero attached hydrogens (tertiary/aromatic N) is 3. The van der Waals surface area contributed by atoms with Crippen molar-refractivity contribution in [2.24, 2.45) is 0 Å². The lowest BCUT2D eigenvalue weighted by atomic mass is 10.2. The number of hydrogen-bond acceptors (Lipinski definition) is 6. The van der Waals surface area contributed by atoms with E-state index >= 15 is 0 Å². The molecule has 1 N–H and O–H groups in total. The second-order valence-corrected chi connectivity index (χ2v) is 8.26. The first-order valence-electron chi connectivity index (χ1n) is 10.7. The third-order valence-electron chi connectivity index (χ3n) is 4.86. The number of nitrogens with one attached hydrogen (secondary N) is 1. The summed E-state index contributed by atoms with van der Waals surface area (Å²) in [6, 6.07) is 23.7. The van der Waals surface area contributed by atoms with Gasteiger partial charge in [-0.25, -0.2) is 9.37 Å². The topological polar surface area (TPSA) is 95.3 Å². The molecule has 0 saturated heterocycles. The zero-order valence-corrected chi connectivity index (χ0v) is 19.8. The van der Waals surface area contributed by atoms with Crippen LogP contribution in [0.5, 0.6) is 11.5 Å². The monoisotopic (exact) mass is 498 g/mol. The quantitative estimate of drug-likeness (QED) is 0.238. The number of halogens is 1. The van der Waals surface area contributed by atoms with Gasteiger partial charge in [-0.1, -0.05) is 30.3 Å². The summed E-state index contributed by atoms with van der Waals surface area (Å²) in [5.41, 5.74) is 0.642. The highest BCUT2D eigenvalue weighted by Crippen LogP contribution is 2.31. The fraction of sp³-hybridized carbons (Fsp3) is 0.0370. The number of amides is 2. The first kappa shape index (κ1) is 24.3. The van der Waals surface area contributed by atoms with Gasteiger partial charge >= 0.3 is 0 Å². The summed E-state index contributed by atoms with van der Waals surface area (Å²) in [5.74, 6) is -0.346. The van der Waals surface area contributed by atoms with Gasteiger partial charge in [0.25, 0.3) is 5.91 Å². The molecule has 3 aromatic carbocycles. The highest BCUT2D eigenvalue weighted by molar-refractivity contribution is 7.14. The number of rotatable bonds is 7. The molecule has 1 aromatic heterocycles. The highest BCUT2D eigenvalue weighted by atomic mass is 32.1. The Balaban J connectivity index is 1.48. The molecule has 0 unspecified atom stereocenters. The number of benzene rings is 3. The Hall–Kier alpha value is -4.81. The number of thiazole rings is 1. The molecule has 0 saturated carbocycles. The number of ether oxygens (including phenoxy) is 1. The van der Waals surface area contributed by atoms with Crippen LogP contribution in [0.15, 0.2) is 89.8 Å². The maximum Gasteiger partial charge on any atom is 0.266 e. The van der Waals surface area contributed by atoms with E-state index in [9.17, 15) is 19.2 Å². The molecule has 1 heterocycles. The molecule has 7 nitrogen and oxygen atoms in total. The molecule has 0 radical (unpaired) electrons. The first-order chi connectivity index (χ1) is 17.4. The van der Waals surface area contributed by atoms with Crippen LogP contribution >= 0.6 is 11.3 Å². The van der Waals surface area contributed by atoms with Crippen LogP contribution in [-0.4, -0.2) is 16.8 Å². The van der Waals surface area contributed by atoms with Crippen molar-refractivity contribution in [3.05, 3.63) is 101 Å². The number of carbonyl (C=O) groups is 2. The molecule has 9 heteroatoms. The minimum Gasteiger partial charge on any atom is -0.457 e. The van der Waals surface area contributed by atoms with Gasteiger partial charge in [0.2, 0.25) is 5.91 Å². The minimum atomic E-state index is -0.624. The molecule has 36 heavy (non-hydrogen) atoms. The number of para-hydroxylation sites is 2. The van der Waals surface area contributed by atoms with Crippen LogP contribution < -0.4 is 15.0 Å². The zero-order chi connectivity index (χ0) is 25.5. The largest absolute Gasteiger partial charge is 0.457 e. The maximum absolute atomic E-state index is 14.3. The molecule has 0 spiro atoms. The Morgan fingerprint density at radius 1 is 1.03 bits per heavy atom. The van der Waals surface area contributed by atoms with Gasteiger partial charge in [-0.15, -0.1) is 11.3 Å². The molecule has 4 aromatic rings.